The van der Waals surface area contributed by atoms with Crippen LogP contribution in [0.1, 0.15) is 19.8 Å². The van der Waals surface area contributed by atoms with Gasteiger partial charge in [0.1, 0.15) is 0 Å². The largest absolute Gasteiger partial charge is 0.359 e. The molecule has 0 unspecified atom stereocenters. The molecule has 3 heteroatoms. The minimum atomic E-state index is -0.498. The van der Waals surface area contributed by atoms with E-state index in [1.807, 2.05) is 6.92 Å². The zero-order valence-corrected chi connectivity index (χ0v) is 8.89. The van der Waals surface area contributed by atoms with Gasteiger partial charge in [-0.1, -0.05) is 25.7 Å². The molecule has 1 aromatic rings. The number of pyridine rings is 1. The van der Waals surface area contributed by atoms with Crippen molar-refractivity contribution in [3.05, 3.63) is 48.7 Å². The number of hydrogen-bond donors (Lipinski definition) is 1. The summed E-state index contributed by atoms with van der Waals surface area (Å²) in [5, 5.41) is 3.01. The molecule has 1 rings (SSSR count). The van der Waals surface area contributed by atoms with Gasteiger partial charge in [0, 0.05) is 30.1 Å². The van der Waals surface area contributed by atoms with Crippen molar-refractivity contribution < 1.29 is 4.39 Å². The molecule has 0 atom stereocenters. The lowest BCUT2D eigenvalue weighted by Crippen LogP contribution is -1.99. The Bertz CT molecular complexity index is 372. The first-order valence-corrected chi connectivity index (χ1v) is 4.85. The van der Waals surface area contributed by atoms with Gasteiger partial charge in [-0.3, -0.25) is 0 Å². The minimum Gasteiger partial charge on any atom is -0.359 e. The van der Waals surface area contributed by atoms with E-state index < -0.39 is 5.95 Å². The van der Waals surface area contributed by atoms with Crippen LogP contribution in [0.5, 0.6) is 0 Å². The molecule has 1 heterocycles. The van der Waals surface area contributed by atoms with Crippen LogP contribution in [-0.4, -0.2) is 4.98 Å². The molecule has 0 amide bonds. The SMILES string of the molecule is C=C(CC)CC(=C)Nc1ccnc(F)c1. The van der Waals surface area contributed by atoms with E-state index in [1.54, 1.807) is 6.07 Å². The second-order valence-corrected chi connectivity index (χ2v) is 3.38. The second-order valence-electron chi connectivity index (χ2n) is 3.38. The van der Waals surface area contributed by atoms with Crippen molar-refractivity contribution in [3.8, 4) is 0 Å². The summed E-state index contributed by atoms with van der Waals surface area (Å²) in [5.74, 6) is -0.498. The van der Waals surface area contributed by atoms with Crippen LogP contribution >= 0.6 is 0 Å². The molecular weight excluding hydrogens is 191 g/mol. The highest BCUT2D eigenvalue weighted by molar-refractivity contribution is 5.46. The molecule has 0 bridgehead atoms. The predicted molar refractivity (Wildman–Crippen MR) is 61.0 cm³/mol. The van der Waals surface area contributed by atoms with Gasteiger partial charge >= 0.3 is 0 Å². The van der Waals surface area contributed by atoms with Gasteiger partial charge in [-0.05, 0) is 12.5 Å². The zero-order chi connectivity index (χ0) is 11.3. The lowest BCUT2D eigenvalue weighted by molar-refractivity contribution is 0.584. The molecule has 2 nitrogen and oxygen atoms in total. The average molecular weight is 206 g/mol. The second kappa shape index (κ2) is 5.29. The molecule has 0 spiro atoms. The smallest absolute Gasteiger partial charge is 0.214 e. The maximum Gasteiger partial charge on any atom is 0.214 e. The number of anilines is 1. The molecule has 0 saturated heterocycles. The van der Waals surface area contributed by atoms with Crippen molar-refractivity contribution in [2.45, 2.75) is 19.8 Å². The number of allylic oxidation sites excluding steroid dienone is 1. The molecular formula is C12H15FN2. The van der Waals surface area contributed by atoms with Crippen LogP contribution < -0.4 is 5.32 Å². The molecule has 0 aliphatic carbocycles. The van der Waals surface area contributed by atoms with Crippen molar-refractivity contribution in [1.82, 2.24) is 4.98 Å². The molecule has 0 aliphatic heterocycles. The Morgan fingerprint density at radius 2 is 2.27 bits per heavy atom. The number of aromatic nitrogens is 1. The molecule has 0 saturated carbocycles. The van der Waals surface area contributed by atoms with Crippen molar-refractivity contribution >= 4 is 5.69 Å². The first-order valence-electron chi connectivity index (χ1n) is 4.85. The van der Waals surface area contributed by atoms with Gasteiger partial charge in [-0.15, -0.1) is 0 Å². The van der Waals surface area contributed by atoms with Crippen molar-refractivity contribution in [1.29, 1.82) is 0 Å². The topological polar surface area (TPSA) is 24.9 Å². The lowest BCUT2D eigenvalue weighted by atomic mass is 10.1. The Balaban J connectivity index is 2.55. The van der Waals surface area contributed by atoms with Gasteiger partial charge in [-0.25, -0.2) is 4.98 Å². The fraction of sp³-hybridized carbons (Fsp3) is 0.250. The molecule has 0 aromatic carbocycles. The van der Waals surface area contributed by atoms with E-state index in [-0.39, 0.29) is 0 Å². The lowest BCUT2D eigenvalue weighted by Gasteiger charge is -2.10. The first kappa shape index (κ1) is 11.4. The summed E-state index contributed by atoms with van der Waals surface area (Å²) in [6.07, 6.45) is 3.05. The third-order valence-corrected chi connectivity index (χ3v) is 2.01. The molecule has 15 heavy (non-hydrogen) atoms. The van der Waals surface area contributed by atoms with Crippen molar-refractivity contribution in [2.75, 3.05) is 5.32 Å². The molecule has 1 aromatic heterocycles. The maximum atomic E-state index is 12.7. The van der Waals surface area contributed by atoms with Crippen LogP contribution in [0.15, 0.2) is 42.8 Å². The van der Waals surface area contributed by atoms with Crippen LogP contribution in [0, 0.1) is 5.95 Å². The van der Waals surface area contributed by atoms with E-state index in [9.17, 15) is 4.39 Å². The van der Waals surface area contributed by atoms with Crippen LogP contribution in [0.4, 0.5) is 10.1 Å². The summed E-state index contributed by atoms with van der Waals surface area (Å²) in [6, 6.07) is 3.03. The number of nitrogens with one attached hydrogen (secondary N) is 1. The first-order chi connectivity index (χ1) is 7.11. The fourth-order valence-corrected chi connectivity index (χ4v) is 1.16. The van der Waals surface area contributed by atoms with Gasteiger partial charge in [-0.2, -0.15) is 4.39 Å². The summed E-state index contributed by atoms with van der Waals surface area (Å²) < 4.78 is 12.7. The van der Waals surface area contributed by atoms with Gasteiger partial charge < -0.3 is 5.32 Å². The molecule has 0 fully saturated rings. The Morgan fingerprint density at radius 1 is 1.53 bits per heavy atom. The predicted octanol–water partition coefficient (Wildman–Crippen LogP) is 3.50. The normalized spacial score (nSPS) is 9.73. The number of halogens is 1. The Kier molecular flexibility index (Phi) is 4.03. The Labute approximate surface area is 89.5 Å². The van der Waals surface area contributed by atoms with E-state index in [0.29, 0.717) is 12.1 Å². The summed E-state index contributed by atoms with van der Waals surface area (Å²) >= 11 is 0. The van der Waals surface area contributed by atoms with Crippen LogP contribution in [0.25, 0.3) is 0 Å². The summed E-state index contributed by atoms with van der Waals surface area (Å²) in [4.78, 5) is 3.47. The molecule has 80 valence electrons. The standard InChI is InChI=1S/C12H15FN2/c1-4-9(2)7-10(3)15-11-5-6-14-12(13)8-11/h5-6,8H,2-4,7H2,1H3,(H,14,15). The monoisotopic (exact) mass is 206 g/mol. The van der Waals surface area contributed by atoms with Crippen molar-refractivity contribution in [2.24, 2.45) is 0 Å². The van der Waals surface area contributed by atoms with Gasteiger partial charge in [0.05, 0.1) is 0 Å². The van der Waals surface area contributed by atoms with Gasteiger partial charge in [0.25, 0.3) is 0 Å². The highest BCUT2D eigenvalue weighted by atomic mass is 19.1. The van der Waals surface area contributed by atoms with Gasteiger partial charge in [0.2, 0.25) is 5.95 Å². The highest BCUT2D eigenvalue weighted by Gasteiger charge is 1.99. The highest BCUT2D eigenvalue weighted by Crippen LogP contribution is 2.15. The van der Waals surface area contributed by atoms with E-state index in [1.165, 1.54) is 12.3 Å². The number of hydrogen-bond acceptors (Lipinski definition) is 2. The van der Waals surface area contributed by atoms with E-state index >= 15 is 0 Å². The number of nitrogens with zero attached hydrogens (tertiary/aromatic N) is 1. The van der Waals surface area contributed by atoms with Crippen LogP contribution in [0.3, 0.4) is 0 Å². The maximum absolute atomic E-state index is 12.7. The summed E-state index contributed by atoms with van der Waals surface area (Å²) in [7, 11) is 0. The minimum absolute atomic E-state index is 0.498. The Hall–Kier alpha value is -1.64. The Morgan fingerprint density at radius 3 is 2.87 bits per heavy atom. The van der Waals surface area contributed by atoms with E-state index in [0.717, 1.165) is 17.7 Å². The van der Waals surface area contributed by atoms with Crippen molar-refractivity contribution in [3.63, 3.8) is 0 Å². The van der Waals surface area contributed by atoms with Gasteiger partial charge in [0.15, 0.2) is 0 Å². The average Bonchev–Trinajstić information content (AvgIpc) is 2.17. The van der Waals surface area contributed by atoms with E-state index in [4.69, 9.17) is 0 Å². The summed E-state index contributed by atoms with van der Waals surface area (Å²) in [6.45, 7) is 9.78. The molecule has 1 N–H and O–H groups in total. The molecule has 0 aliphatic rings. The van der Waals surface area contributed by atoms with Crippen LogP contribution in [0.2, 0.25) is 0 Å². The number of rotatable bonds is 5. The van der Waals surface area contributed by atoms with Crippen LogP contribution in [-0.2, 0) is 0 Å². The third-order valence-electron chi connectivity index (χ3n) is 2.01. The fourth-order valence-electron chi connectivity index (χ4n) is 1.16. The third kappa shape index (κ3) is 3.94. The molecule has 0 radical (unpaired) electrons. The zero-order valence-electron chi connectivity index (χ0n) is 8.89. The van der Waals surface area contributed by atoms with E-state index in [2.05, 4.69) is 23.5 Å². The quantitative estimate of drug-likeness (QED) is 0.589. The summed E-state index contributed by atoms with van der Waals surface area (Å²) in [5.41, 5.74) is 2.57.